The van der Waals surface area contributed by atoms with E-state index in [-0.39, 0.29) is 12.5 Å². The van der Waals surface area contributed by atoms with Crippen molar-refractivity contribution in [3.8, 4) is 11.8 Å². The number of anilines is 1. The van der Waals surface area contributed by atoms with E-state index in [1.165, 1.54) is 0 Å². The number of hydrogen-bond acceptors (Lipinski definition) is 2. The van der Waals surface area contributed by atoms with Crippen LogP contribution in [0.5, 0.6) is 0 Å². The summed E-state index contributed by atoms with van der Waals surface area (Å²) in [7, 11) is 1.78. The molecule has 0 saturated heterocycles. The fourth-order valence-electron chi connectivity index (χ4n) is 2.15. The van der Waals surface area contributed by atoms with Crippen LogP contribution in [0.2, 0.25) is 0 Å². The lowest BCUT2D eigenvalue weighted by molar-refractivity contribution is 0.0992. The molecule has 0 heterocycles. The summed E-state index contributed by atoms with van der Waals surface area (Å²) in [6.07, 6.45) is 0. The van der Waals surface area contributed by atoms with Gasteiger partial charge in [0, 0.05) is 18.3 Å². The number of carbonyl (C=O) groups excluding carboxylic acids is 1. The number of aryl methyl sites for hydroxylation is 1. The Morgan fingerprint density at radius 3 is 2.52 bits per heavy atom. The average molecular weight is 278 g/mol. The second kappa shape index (κ2) is 6.74. The van der Waals surface area contributed by atoms with Crippen molar-refractivity contribution in [3.63, 3.8) is 0 Å². The van der Waals surface area contributed by atoms with Crippen LogP contribution in [0.4, 0.5) is 5.69 Å². The van der Waals surface area contributed by atoms with E-state index in [0.29, 0.717) is 11.1 Å². The molecule has 1 amide bonds. The monoisotopic (exact) mass is 278 g/mol. The third kappa shape index (κ3) is 3.31. The molecule has 0 radical (unpaired) electrons. The van der Waals surface area contributed by atoms with Crippen LogP contribution >= 0.6 is 0 Å². The molecule has 0 spiro atoms. The molecule has 0 saturated carbocycles. The van der Waals surface area contributed by atoms with Crippen LogP contribution in [0.25, 0.3) is 0 Å². The van der Waals surface area contributed by atoms with Gasteiger partial charge in [-0.3, -0.25) is 4.79 Å². The van der Waals surface area contributed by atoms with Gasteiger partial charge in [-0.05, 0) is 30.7 Å². The third-order valence-electron chi connectivity index (χ3n) is 3.26. The third-order valence-corrected chi connectivity index (χ3v) is 3.26. The summed E-state index contributed by atoms with van der Waals surface area (Å²) in [6, 6.07) is 15.1. The maximum Gasteiger partial charge on any atom is 0.259 e. The highest BCUT2D eigenvalue weighted by molar-refractivity contribution is 6.07. The molecule has 2 aromatic rings. The molecule has 2 rings (SSSR count). The van der Waals surface area contributed by atoms with E-state index in [2.05, 4.69) is 11.8 Å². The fourth-order valence-corrected chi connectivity index (χ4v) is 2.15. The van der Waals surface area contributed by atoms with E-state index in [4.69, 9.17) is 5.73 Å². The van der Waals surface area contributed by atoms with Gasteiger partial charge in [0.15, 0.2) is 0 Å². The van der Waals surface area contributed by atoms with Gasteiger partial charge in [0.2, 0.25) is 0 Å². The van der Waals surface area contributed by atoms with E-state index >= 15 is 0 Å². The van der Waals surface area contributed by atoms with Gasteiger partial charge in [-0.25, -0.2) is 0 Å². The van der Waals surface area contributed by atoms with Crippen molar-refractivity contribution in [2.75, 3.05) is 18.5 Å². The number of para-hydroxylation sites is 1. The van der Waals surface area contributed by atoms with E-state index in [1.54, 1.807) is 18.0 Å². The zero-order valence-corrected chi connectivity index (χ0v) is 12.3. The van der Waals surface area contributed by atoms with Gasteiger partial charge in [0.1, 0.15) is 0 Å². The van der Waals surface area contributed by atoms with Gasteiger partial charge in [0.05, 0.1) is 12.1 Å². The molecule has 0 bridgehead atoms. The van der Waals surface area contributed by atoms with E-state index < -0.39 is 0 Å². The zero-order valence-electron chi connectivity index (χ0n) is 12.3. The van der Waals surface area contributed by atoms with E-state index in [0.717, 1.165) is 11.3 Å². The summed E-state index contributed by atoms with van der Waals surface area (Å²) in [5, 5.41) is 0. The lowest BCUT2D eigenvalue weighted by Crippen LogP contribution is -2.27. The topological polar surface area (TPSA) is 46.3 Å². The van der Waals surface area contributed by atoms with Crippen LogP contribution in [-0.4, -0.2) is 19.5 Å². The summed E-state index contributed by atoms with van der Waals surface area (Å²) in [5.74, 6) is 5.67. The highest BCUT2D eigenvalue weighted by atomic mass is 16.2. The molecule has 3 heteroatoms. The first kappa shape index (κ1) is 14.8. The van der Waals surface area contributed by atoms with Gasteiger partial charge < -0.3 is 10.6 Å². The Kier molecular flexibility index (Phi) is 4.76. The van der Waals surface area contributed by atoms with Crippen molar-refractivity contribution >= 4 is 11.6 Å². The number of amides is 1. The Hall–Kier alpha value is -2.57. The summed E-state index contributed by atoms with van der Waals surface area (Å²) in [5.41, 5.74) is 8.64. The molecule has 2 N–H and O–H groups in total. The smallest absolute Gasteiger partial charge is 0.259 e. The first-order valence-corrected chi connectivity index (χ1v) is 6.77. The molecule has 2 aromatic carbocycles. The summed E-state index contributed by atoms with van der Waals surface area (Å²) < 4.78 is 0. The minimum absolute atomic E-state index is 0.0776. The summed E-state index contributed by atoms with van der Waals surface area (Å²) >= 11 is 0. The Morgan fingerprint density at radius 1 is 1.14 bits per heavy atom. The van der Waals surface area contributed by atoms with Gasteiger partial charge in [-0.1, -0.05) is 42.2 Å². The Labute approximate surface area is 125 Å². The number of carbonyl (C=O) groups is 1. The van der Waals surface area contributed by atoms with Crippen molar-refractivity contribution < 1.29 is 4.79 Å². The predicted octanol–water partition coefficient (Wildman–Crippen LogP) is 2.58. The minimum atomic E-state index is -0.0776. The molecule has 0 aliphatic heterocycles. The molecular weight excluding hydrogens is 260 g/mol. The average Bonchev–Trinajstić information content (AvgIpc) is 2.52. The highest BCUT2D eigenvalue weighted by Gasteiger charge is 2.17. The number of nitrogens with zero attached hydrogens (tertiary/aromatic N) is 1. The molecule has 0 aliphatic carbocycles. The molecule has 106 valence electrons. The Morgan fingerprint density at radius 2 is 1.81 bits per heavy atom. The highest BCUT2D eigenvalue weighted by Crippen LogP contribution is 2.21. The quantitative estimate of drug-likeness (QED) is 0.858. The number of nitrogens with two attached hydrogens (primary N) is 1. The summed E-state index contributed by atoms with van der Waals surface area (Å²) in [4.78, 5) is 14.4. The SMILES string of the molecule is Cc1ccccc1N(C)C(=O)c1ccccc1C#CCN. The largest absolute Gasteiger partial charge is 0.320 e. The van der Waals surface area contributed by atoms with Gasteiger partial charge in [0.25, 0.3) is 5.91 Å². The number of rotatable bonds is 2. The maximum absolute atomic E-state index is 12.7. The van der Waals surface area contributed by atoms with Crippen molar-refractivity contribution in [1.29, 1.82) is 0 Å². The molecule has 21 heavy (non-hydrogen) atoms. The lowest BCUT2D eigenvalue weighted by Gasteiger charge is -2.20. The van der Waals surface area contributed by atoms with Crippen molar-refractivity contribution in [2.24, 2.45) is 5.73 Å². The van der Waals surface area contributed by atoms with Gasteiger partial charge in [-0.15, -0.1) is 0 Å². The van der Waals surface area contributed by atoms with Crippen LogP contribution in [0.15, 0.2) is 48.5 Å². The summed E-state index contributed by atoms with van der Waals surface area (Å²) in [6.45, 7) is 2.26. The molecule has 0 atom stereocenters. The molecule has 0 aliphatic rings. The number of hydrogen-bond donors (Lipinski definition) is 1. The van der Waals surface area contributed by atoms with Crippen LogP contribution in [-0.2, 0) is 0 Å². The standard InChI is InChI=1S/C18H18N2O/c1-14-8-3-6-12-17(14)20(2)18(21)16-11-5-4-9-15(16)10-7-13-19/h3-6,8-9,11-12H,13,19H2,1-2H3. The predicted molar refractivity (Wildman–Crippen MR) is 86.3 cm³/mol. The van der Waals surface area contributed by atoms with Gasteiger partial charge in [-0.2, -0.15) is 0 Å². The molecule has 0 fully saturated rings. The second-order valence-electron chi connectivity index (χ2n) is 4.70. The van der Waals surface area contributed by atoms with Crippen molar-refractivity contribution in [2.45, 2.75) is 6.92 Å². The first-order valence-electron chi connectivity index (χ1n) is 6.77. The maximum atomic E-state index is 12.7. The second-order valence-corrected chi connectivity index (χ2v) is 4.70. The first-order chi connectivity index (χ1) is 10.1. The molecular formula is C18H18N2O. The molecule has 3 nitrogen and oxygen atoms in total. The Bertz CT molecular complexity index is 710. The fraction of sp³-hybridized carbons (Fsp3) is 0.167. The lowest BCUT2D eigenvalue weighted by atomic mass is 10.1. The van der Waals surface area contributed by atoms with E-state index in [1.807, 2.05) is 49.4 Å². The molecule has 0 unspecified atom stereocenters. The van der Waals surface area contributed by atoms with Crippen LogP contribution in [0.3, 0.4) is 0 Å². The van der Waals surface area contributed by atoms with Crippen molar-refractivity contribution in [3.05, 3.63) is 65.2 Å². The van der Waals surface area contributed by atoms with Gasteiger partial charge >= 0.3 is 0 Å². The van der Waals surface area contributed by atoms with Crippen LogP contribution < -0.4 is 10.6 Å². The minimum Gasteiger partial charge on any atom is -0.320 e. The van der Waals surface area contributed by atoms with E-state index in [9.17, 15) is 4.79 Å². The van der Waals surface area contributed by atoms with Crippen LogP contribution in [0, 0.1) is 18.8 Å². The normalized spacial score (nSPS) is 9.67. The molecule has 0 aromatic heterocycles. The number of benzene rings is 2. The Balaban J connectivity index is 2.39. The van der Waals surface area contributed by atoms with Crippen LogP contribution in [0.1, 0.15) is 21.5 Å². The zero-order chi connectivity index (χ0) is 15.2. The van der Waals surface area contributed by atoms with Crippen molar-refractivity contribution in [1.82, 2.24) is 0 Å².